The molecule has 150 valence electrons. The zero-order valence-electron chi connectivity index (χ0n) is 34.3. The van der Waals surface area contributed by atoms with Gasteiger partial charge in [0.15, 0.2) is 0 Å². The minimum Gasteiger partial charge on any atom is -0.0622 e. The number of fused-ring (bicyclic) bond motifs is 2. The quantitative estimate of drug-likeness (QED) is 0.249. The third-order valence-electron chi connectivity index (χ3n) is 5.09. The van der Waals surface area contributed by atoms with Crippen LogP contribution in [-0.4, -0.2) is 0 Å². The fraction of sp³-hybridized carbons (Fsp3) is 0. The largest absolute Gasteiger partial charge is 0.0629 e. The van der Waals surface area contributed by atoms with E-state index in [0.29, 0.717) is 0 Å². The minimum atomic E-state index is -0.792. The molecule has 0 aliphatic rings. The maximum Gasteiger partial charge on any atom is 0.0629 e. The van der Waals surface area contributed by atoms with Gasteiger partial charge in [0.25, 0.3) is 0 Å². The fourth-order valence-corrected chi connectivity index (χ4v) is 3.82. The molecular formula is C32H22. The lowest BCUT2D eigenvalue weighted by Crippen LogP contribution is -1.92. The smallest absolute Gasteiger partial charge is 0.0622 e. The van der Waals surface area contributed by atoms with E-state index in [4.69, 9.17) is 24.7 Å². The molecule has 0 saturated heterocycles. The zero-order valence-corrected chi connectivity index (χ0v) is 16.3. The SMILES string of the molecule is [2H]c1c([2H])c([2H])c(-c2ccccc2-c2c3c([2H])c([2H])c([2H])c([2H])c3c(-c3c([2H])c([2H])c([2H])c([2H])c3[2H])c3c([2H])c([2H])c([2H])c([2H])c23)c([2H])c1[2H]. The van der Waals surface area contributed by atoms with E-state index in [2.05, 4.69) is 0 Å². The highest BCUT2D eigenvalue weighted by Crippen LogP contribution is 2.45. The van der Waals surface area contributed by atoms with Gasteiger partial charge in [-0.3, -0.25) is 0 Å². The van der Waals surface area contributed by atoms with Gasteiger partial charge in [-0.25, -0.2) is 0 Å². The highest BCUT2D eigenvalue weighted by Gasteiger charge is 2.18. The third kappa shape index (κ3) is 3.01. The molecule has 0 aliphatic carbocycles. The Kier molecular flexibility index (Phi) is 1.90. The van der Waals surface area contributed by atoms with Crippen LogP contribution in [0.4, 0.5) is 0 Å². The summed E-state index contributed by atoms with van der Waals surface area (Å²) in [6.45, 7) is 0. The minimum absolute atomic E-state index is 0.0243. The van der Waals surface area contributed by atoms with Crippen molar-refractivity contribution in [3.05, 3.63) is 133 Å². The first kappa shape index (κ1) is 7.76. The van der Waals surface area contributed by atoms with Crippen molar-refractivity contribution >= 4 is 21.5 Å². The van der Waals surface area contributed by atoms with Crippen molar-refractivity contribution in [2.75, 3.05) is 0 Å². The highest BCUT2D eigenvalue weighted by atomic mass is 14.2. The second-order valence-corrected chi connectivity index (χ2v) is 6.80. The van der Waals surface area contributed by atoms with Crippen LogP contribution >= 0.6 is 0 Å². The first-order valence-corrected chi connectivity index (χ1v) is 9.58. The summed E-state index contributed by atoms with van der Waals surface area (Å²) in [4.78, 5) is 0. The van der Waals surface area contributed by atoms with Crippen LogP contribution in [0.15, 0.2) is 133 Å². The van der Waals surface area contributed by atoms with E-state index in [-0.39, 0.29) is 33.0 Å². The Morgan fingerprint density at radius 2 is 0.781 bits per heavy atom. The standard InChI is InChI=1S/C32H22/c1-3-13-23(14-4-1)25-17-7-8-18-26(25)32-29-21-11-9-19-27(29)31(24-15-5-2-6-16-24)28-20-10-12-22-30(28)32/h1-22H/i1D,2D,3D,4D,5D,6D,9D,10D,11D,12D,13D,14D,15D,16D,19D,20D,21D,22D. The van der Waals surface area contributed by atoms with Crippen LogP contribution in [0.3, 0.4) is 0 Å². The van der Waals surface area contributed by atoms with Crippen molar-refractivity contribution in [3.63, 3.8) is 0 Å². The van der Waals surface area contributed by atoms with Gasteiger partial charge >= 0.3 is 0 Å². The van der Waals surface area contributed by atoms with Crippen LogP contribution in [0.5, 0.6) is 0 Å². The van der Waals surface area contributed by atoms with E-state index >= 15 is 0 Å². The number of hydrogen-bond acceptors (Lipinski definition) is 0. The number of benzene rings is 6. The highest BCUT2D eigenvalue weighted by molar-refractivity contribution is 6.22. The summed E-state index contributed by atoms with van der Waals surface area (Å²) in [6.07, 6.45) is 0. The van der Waals surface area contributed by atoms with Gasteiger partial charge in [0, 0.05) is 0 Å². The molecule has 0 aromatic heterocycles. The molecule has 0 heteroatoms. The summed E-state index contributed by atoms with van der Waals surface area (Å²) in [6, 6.07) is -7.23. The van der Waals surface area contributed by atoms with E-state index < -0.39 is 131 Å². The van der Waals surface area contributed by atoms with Gasteiger partial charge in [0.2, 0.25) is 0 Å². The van der Waals surface area contributed by atoms with Gasteiger partial charge in [0.1, 0.15) is 0 Å². The maximum absolute atomic E-state index is 9.11. The van der Waals surface area contributed by atoms with Gasteiger partial charge in [-0.1, -0.05) is 133 Å². The van der Waals surface area contributed by atoms with Crippen LogP contribution in [0.1, 0.15) is 24.7 Å². The average molecular weight is 425 g/mol. The molecule has 0 heterocycles. The van der Waals surface area contributed by atoms with Crippen LogP contribution in [-0.2, 0) is 0 Å². The normalized spacial score (nSPS) is 19.0. The molecule has 0 bridgehead atoms. The van der Waals surface area contributed by atoms with Gasteiger partial charge < -0.3 is 0 Å². The van der Waals surface area contributed by atoms with E-state index in [9.17, 15) is 0 Å². The Morgan fingerprint density at radius 3 is 1.31 bits per heavy atom. The summed E-state index contributed by atoms with van der Waals surface area (Å²) >= 11 is 0. The fourth-order valence-electron chi connectivity index (χ4n) is 3.82. The molecule has 0 N–H and O–H groups in total. The maximum atomic E-state index is 9.11. The predicted octanol–water partition coefficient (Wildman–Crippen LogP) is 8.99. The lowest BCUT2D eigenvalue weighted by molar-refractivity contribution is 1.60. The van der Waals surface area contributed by atoms with Crippen LogP contribution in [0.25, 0.3) is 54.9 Å². The summed E-state index contributed by atoms with van der Waals surface area (Å²) < 4.78 is 155. The third-order valence-corrected chi connectivity index (χ3v) is 5.09. The van der Waals surface area contributed by atoms with Crippen LogP contribution in [0, 0.1) is 0 Å². The zero-order chi connectivity index (χ0) is 37.0. The molecular weight excluding hydrogens is 384 g/mol. The summed E-state index contributed by atoms with van der Waals surface area (Å²) in [5.41, 5.74) is -1.57. The van der Waals surface area contributed by atoms with Crippen molar-refractivity contribution in [3.8, 4) is 33.4 Å². The van der Waals surface area contributed by atoms with E-state index in [1.165, 1.54) is 24.3 Å². The van der Waals surface area contributed by atoms with Crippen LogP contribution < -0.4 is 0 Å². The van der Waals surface area contributed by atoms with Gasteiger partial charge in [-0.15, -0.1) is 0 Å². The van der Waals surface area contributed by atoms with E-state index in [0.717, 1.165) is 0 Å². The summed E-state index contributed by atoms with van der Waals surface area (Å²) in [5.74, 6) is 0. The number of hydrogen-bond donors (Lipinski definition) is 0. The van der Waals surface area contributed by atoms with Gasteiger partial charge in [0.05, 0.1) is 24.7 Å². The summed E-state index contributed by atoms with van der Waals surface area (Å²) in [7, 11) is 0. The second kappa shape index (κ2) is 7.83. The van der Waals surface area contributed by atoms with Crippen molar-refractivity contribution in [1.29, 1.82) is 0 Å². The Hall–Kier alpha value is -4.16. The van der Waals surface area contributed by atoms with Crippen LogP contribution in [0.2, 0.25) is 0 Å². The van der Waals surface area contributed by atoms with Crippen molar-refractivity contribution in [1.82, 2.24) is 0 Å². The lowest BCUT2D eigenvalue weighted by atomic mass is 9.84. The number of rotatable bonds is 3. The second-order valence-electron chi connectivity index (χ2n) is 6.80. The topological polar surface area (TPSA) is 0 Å². The van der Waals surface area contributed by atoms with E-state index in [1.807, 2.05) is 0 Å². The molecule has 0 aliphatic heterocycles. The predicted molar refractivity (Wildman–Crippen MR) is 138 cm³/mol. The van der Waals surface area contributed by atoms with E-state index in [1.54, 1.807) is 0 Å². The van der Waals surface area contributed by atoms with Gasteiger partial charge in [-0.05, 0) is 54.9 Å². The molecule has 0 atom stereocenters. The van der Waals surface area contributed by atoms with Crippen molar-refractivity contribution in [2.45, 2.75) is 0 Å². The lowest BCUT2D eigenvalue weighted by Gasteiger charge is -2.19. The Labute approximate surface area is 213 Å². The van der Waals surface area contributed by atoms with Crippen molar-refractivity contribution < 1.29 is 24.7 Å². The molecule has 0 amide bonds. The molecule has 6 aromatic rings. The molecule has 0 radical (unpaired) electrons. The average Bonchev–Trinajstić information content (AvgIpc) is 3.10. The molecule has 0 saturated carbocycles. The van der Waals surface area contributed by atoms with Crippen molar-refractivity contribution in [2.24, 2.45) is 0 Å². The molecule has 0 unspecified atom stereocenters. The molecule has 32 heavy (non-hydrogen) atoms. The molecule has 0 fully saturated rings. The monoisotopic (exact) mass is 424 g/mol. The first-order valence-electron chi connectivity index (χ1n) is 18.6. The Balaban J connectivity index is 2.04. The molecule has 6 rings (SSSR count). The molecule has 0 nitrogen and oxygen atoms in total. The first-order chi connectivity index (χ1) is 23.4. The van der Waals surface area contributed by atoms with Gasteiger partial charge in [-0.2, -0.15) is 0 Å². The Bertz CT molecular complexity index is 2380. The summed E-state index contributed by atoms with van der Waals surface area (Å²) in [5, 5.41) is -1.54. The molecule has 0 spiro atoms. The molecule has 6 aromatic carbocycles. The Morgan fingerprint density at radius 1 is 0.375 bits per heavy atom.